The third kappa shape index (κ3) is 3.06. The molecule has 0 bridgehead atoms. The van der Waals surface area contributed by atoms with Crippen molar-refractivity contribution in [2.45, 2.75) is 37.9 Å². The average Bonchev–Trinajstić information content (AvgIpc) is 2.87. The maximum atomic E-state index is 11.2. The summed E-state index contributed by atoms with van der Waals surface area (Å²) < 4.78 is 1.81. The molecule has 0 spiro atoms. The van der Waals surface area contributed by atoms with Crippen molar-refractivity contribution in [2.24, 2.45) is 5.73 Å². The van der Waals surface area contributed by atoms with E-state index in [4.69, 9.17) is 5.73 Å². The Morgan fingerprint density at radius 1 is 1.67 bits per heavy atom. The first-order valence-corrected chi connectivity index (χ1v) is 5.28. The molecule has 0 aliphatic heterocycles. The first-order valence-electron chi connectivity index (χ1n) is 5.28. The van der Waals surface area contributed by atoms with Crippen LogP contribution in [0.4, 0.5) is 0 Å². The topological polar surface area (TPSA) is 72.9 Å². The number of hydrogen-bond donors (Lipinski definition) is 2. The van der Waals surface area contributed by atoms with Gasteiger partial charge in [0.05, 0.1) is 6.04 Å². The van der Waals surface area contributed by atoms with Crippen molar-refractivity contribution in [2.75, 3.05) is 0 Å². The summed E-state index contributed by atoms with van der Waals surface area (Å²) in [7, 11) is 0. The van der Waals surface area contributed by atoms with E-state index in [-0.39, 0.29) is 11.9 Å². The second-order valence-corrected chi connectivity index (χ2v) is 3.95. The van der Waals surface area contributed by atoms with Crippen LogP contribution in [0.25, 0.3) is 0 Å². The summed E-state index contributed by atoms with van der Waals surface area (Å²) in [4.78, 5) is 11.2. The van der Waals surface area contributed by atoms with Crippen molar-refractivity contribution in [1.29, 1.82) is 0 Å². The van der Waals surface area contributed by atoms with Crippen LogP contribution in [0.15, 0.2) is 18.5 Å². The number of hydrogen-bond acceptors (Lipinski definition) is 3. The van der Waals surface area contributed by atoms with E-state index in [0.717, 1.165) is 19.4 Å². The molecule has 1 unspecified atom stereocenters. The maximum Gasteiger partial charge on any atom is 0.234 e. The first-order chi connectivity index (χ1) is 7.25. The fourth-order valence-electron chi connectivity index (χ4n) is 1.54. The van der Waals surface area contributed by atoms with E-state index in [1.165, 1.54) is 0 Å². The number of nitrogens with one attached hydrogen (secondary N) is 1. The lowest BCUT2D eigenvalue weighted by Crippen LogP contribution is -2.43. The highest BCUT2D eigenvalue weighted by Crippen LogP contribution is 2.19. The summed E-state index contributed by atoms with van der Waals surface area (Å²) >= 11 is 0. The first kappa shape index (κ1) is 10.2. The Morgan fingerprint density at radius 2 is 2.47 bits per heavy atom. The minimum atomic E-state index is -0.269. The van der Waals surface area contributed by atoms with Gasteiger partial charge in [0.15, 0.2) is 0 Å². The molecule has 82 valence electrons. The quantitative estimate of drug-likeness (QED) is 0.684. The van der Waals surface area contributed by atoms with E-state index in [1.54, 1.807) is 6.20 Å². The number of amides is 1. The molecule has 3 N–H and O–H groups in total. The van der Waals surface area contributed by atoms with Crippen molar-refractivity contribution >= 4 is 5.91 Å². The van der Waals surface area contributed by atoms with Crippen LogP contribution in [0.1, 0.15) is 19.3 Å². The fourth-order valence-corrected chi connectivity index (χ4v) is 1.54. The van der Waals surface area contributed by atoms with Gasteiger partial charge in [0.25, 0.3) is 0 Å². The smallest absolute Gasteiger partial charge is 0.234 e. The maximum absolute atomic E-state index is 11.2. The van der Waals surface area contributed by atoms with Gasteiger partial charge < -0.3 is 11.1 Å². The third-order valence-electron chi connectivity index (χ3n) is 2.56. The Kier molecular flexibility index (Phi) is 3.01. The summed E-state index contributed by atoms with van der Waals surface area (Å²) in [6.07, 6.45) is 6.63. The summed E-state index contributed by atoms with van der Waals surface area (Å²) in [5.41, 5.74) is 5.32. The number of rotatable bonds is 6. The van der Waals surface area contributed by atoms with Gasteiger partial charge in [-0.1, -0.05) is 0 Å². The van der Waals surface area contributed by atoms with E-state index in [1.807, 2.05) is 16.9 Å². The summed E-state index contributed by atoms with van der Waals surface area (Å²) in [6.45, 7) is 0.723. The van der Waals surface area contributed by atoms with Gasteiger partial charge in [0.1, 0.15) is 0 Å². The van der Waals surface area contributed by atoms with Gasteiger partial charge in [0, 0.05) is 25.0 Å². The molecule has 5 nitrogen and oxygen atoms in total. The van der Waals surface area contributed by atoms with Gasteiger partial charge in [-0.3, -0.25) is 9.48 Å². The van der Waals surface area contributed by atoms with Crippen molar-refractivity contribution in [3.8, 4) is 0 Å². The Morgan fingerprint density at radius 3 is 3.00 bits per heavy atom. The minimum Gasteiger partial charge on any atom is -0.368 e. The fraction of sp³-hybridized carbons (Fsp3) is 0.600. The highest BCUT2D eigenvalue weighted by Gasteiger charge is 2.26. The van der Waals surface area contributed by atoms with Crippen LogP contribution in [0, 0.1) is 0 Å². The third-order valence-corrected chi connectivity index (χ3v) is 2.56. The number of carbonyl (C=O) groups is 1. The zero-order chi connectivity index (χ0) is 10.7. The Balaban J connectivity index is 1.80. The Hall–Kier alpha value is -1.36. The molecule has 2 rings (SSSR count). The molecule has 1 amide bonds. The zero-order valence-electron chi connectivity index (χ0n) is 8.60. The van der Waals surface area contributed by atoms with Crippen molar-refractivity contribution in [3.05, 3.63) is 18.5 Å². The largest absolute Gasteiger partial charge is 0.368 e. The number of carbonyl (C=O) groups excluding carboxylic acids is 1. The molecule has 1 aliphatic carbocycles. The van der Waals surface area contributed by atoms with Crippen LogP contribution in [0.2, 0.25) is 0 Å². The summed E-state index contributed by atoms with van der Waals surface area (Å²) in [5.74, 6) is -0.269. The van der Waals surface area contributed by atoms with Crippen molar-refractivity contribution in [1.82, 2.24) is 15.1 Å². The second-order valence-electron chi connectivity index (χ2n) is 3.95. The summed E-state index contributed by atoms with van der Waals surface area (Å²) in [5, 5.41) is 7.32. The predicted molar refractivity (Wildman–Crippen MR) is 56.0 cm³/mol. The van der Waals surface area contributed by atoms with Gasteiger partial charge in [-0.05, 0) is 25.3 Å². The van der Waals surface area contributed by atoms with Crippen LogP contribution in [-0.4, -0.2) is 27.8 Å². The number of primary amides is 1. The number of aryl methyl sites for hydroxylation is 1. The Labute approximate surface area is 88.6 Å². The Bertz CT molecular complexity index is 318. The molecule has 0 saturated heterocycles. The molecule has 1 heterocycles. The molecular formula is C10H16N4O. The van der Waals surface area contributed by atoms with Crippen LogP contribution < -0.4 is 11.1 Å². The van der Waals surface area contributed by atoms with Crippen LogP contribution in [-0.2, 0) is 11.3 Å². The molecular weight excluding hydrogens is 192 g/mol. The lowest BCUT2D eigenvalue weighted by atomic mass is 10.2. The average molecular weight is 208 g/mol. The SMILES string of the molecule is NC(=O)C(CCn1cccn1)NC1CC1. The highest BCUT2D eigenvalue weighted by atomic mass is 16.1. The molecule has 1 aliphatic rings. The molecule has 1 aromatic heterocycles. The molecule has 15 heavy (non-hydrogen) atoms. The highest BCUT2D eigenvalue weighted by molar-refractivity contribution is 5.79. The lowest BCUT2D eigenvalue weighted by Gasteiger charge is -2.14. The molecule has 5 heteroatoms. The number of nitrogens with zero attached hydrogens (tertiary/aromatic N) is 2. The van der Waals surface area contributed by atoms with E-state index >= 15 is 0 Å². The molecule has 1 fully saturated rings. The van der Waals surface area contributed by atoms with E-state index in [0.29, 0.717) is 12.5 Å². The molecule has 1 aromatic rings. The normalized spacial score (nSPS) is 17.6. The second kappa shape index (κ2) is 4.44. The standard InChI is InChI=1S/C10H16N4O/c11-10(15)9(13-8-2-3-8)4-7-14-6-1-5-12-14/h1,5-6,8-9,13H,2-4,7H2,(H2,11,15). The van der Waals surface area contributed by atoms with E-state index in [2.05, 4.69) is 10.4 Å². The van der Waals surface area contributed by atoms with Gasteiger partial charge in [-0.2, -0.15) is 5.10 Å². The van der Waals surface area contributed by atoms with Gasteiger partial charge in [-0.15, -0.1) is 0 Å². The molecule has 1 atom stereocenters. The zero-order valence-corrected chi connectivity index (χ0v) is 8.60. The van der Waals surface area contributed by atoms with Crippen LogP contribution in [0.3, 0.4) is 0 Å². The van der Waals surface area contributed by atoms with Gasteiger partial charge in [0.2, 0.25) is 5.91 Å². The molecule has 1 saturated carbocycles. The van der Waals surface area contributed by atoms with Crippen molar-refractivity contribution in [3.63, 3.8) is 0 Å². The molecule has 0 aromatic carbocycles. The van der Waals surface area contributed by atoms with Crippen LogP contribution >= 0.6 is 0 Å². The molecule has 0 radical (unpaired) electrons. The van der Waals surface area contributed by atoms with Gasteiger partial charge in [-0.25, -0.2) is 0 Å². The number of aromatic nitrogens is 2. The monoisotopic (exact) mass is 208 g/mol. The predicted octanol–water partition coefficient (Wildman–Crippen LogP) is -0.121. The summed E-state index contributed by atoms with van der Waals surface area (Å²) in [6, 6.07) is 2.15. The lowest BCUT2D eigenvalue weighted by molar-refractivity contribution is -0.120. The van der Waals surface area contributed by atoms with E-state index < -0.39 is 0 Å². The van der Waals surface area contributed by atoms with Gasteiger partial charge >= 0.3 is 0 Å². The van der Waals surface area contributed by atoms with Crippen molar-refractivity contribution < 1.29 is 4.79 Å². The van der Waals surface area contributed by atoms with E-state index in [9.17, 15) is 4.79 Å². The van der Waals surface area contributed by atoms with Crippen LogP contribution in [0.5, 0.6) is 0 Å². The number of nitrogens with two attached hydrogens (primary N) is 1. The minimum absolute atomic E-state index is 0.221.